The topological polar surface area (TPSA) is 72.7 Å². The first kappa shape index (κ1) is 18.7. The molecule has 1 N–H and O–H groups in total. The lowest BCUT2D eigenvalue weighted by Gasteiger charge is -2.09. The summed E-state index contributed by atoms with van der Waals surface area (Å²) in [7, 11) is 0. The lowest BCUT2D eigenvalue weighted by atomic mass is 10.3. The third-order valence-electron chi connectivity index (χ3n) is 3.49. The molecule has 0 radical (unpaired) electrons. The standard InChI is InChI=1S/C17H15Cl2N5OS/c1-2-24-16(13-7-3-4-9-20-13)22-23-17(24)26-10-14(25)21-12-8-5-6-11(18)15(12)19/h3-9H,2,10H2,1H3,(H,21,25). The van der Waals surface area contributed by atoms with E-state index in [2.05, 4.69) is 20.5 Å². The third-order valence-corrected chi connectivity index (χ3v) is 5.27. The minimum absolute atomic E-state index is 0.170. The van der Waals surface area contributed by atoms with Crippen molar-refractivity contribution in [1.29, 1.82) is 0 Å². The number of rotatable bonds is 6. The van der Waals surface area contributed by atoms with Crippen LogP contribution < -0.4 is 5.32 Å². The number of carbonyl (C=O) groups is 1. The molecule has 0 unspecified atom stereocenters. The summed E-state index contributed by atoms with van der Waals surface area (Å²) in [6.07, 6.45) is 1.71. The van der Waals surface area contributed by atoms with Gasteiger partial charge in [-0.25, -0.2) is 0 Å². The highest BCUT2D eigenvalue weighted by atomic mass is 35.5. The number of aromatic nitrogens is 4. The average molecular weight is 408 g/mol. The molecule has 0 aliphatic heterocycles. The second kappa shape index (κ2) is 8.53. The van der Waals surface area contributed by atoms with Gasteiger partial charge in [-0.2, -0.15) is 0 Å². The number of amides is 1. The highest BCUT2D eigenvalue weighted by molar-refractivity contribution is 7.99. The summed E-state index contributed by atoms with van der Waals surface area (Å²) >= 11 is 13.3. The van der Waals surface area contributed by atoms with Crippen LogP contribution in [0.15, 0.2) is 47.8 Å². The number of carbonyl (C=O) groups excluding carboxylic acids is 1. The van der Waals surface area contributed by atoms with Crippen molar-refractivity contribution in [3.05, 3.63) is 52.6 Å². The van der Waals surface area contributed by atoms with E-state index in [-0.39, 0.29) is 11.7 Å². The molecular formula is C17H15Cl2N5OS. The Morgan fingerprint density at radius 2 is 2.04 bits per heavy atom. The summed E-state index contributed by atoms with van der Waals surface area (Å²) in [5.74, 6) is 0.640. The summed E-state index contributed by atoms with van der Waals surface area (Å²) < 4.78 is 1.92. The predicted octanol–water partition coefficient (Wildman–Crippen LogP) is 4.40. The summed E-state index contributed by atoms with van der Waals surface area (Å²) in [5, 5.41) is 12.5. The van der Waals surface area contributed by atoms with Crippen LogP contribution in [0.4, 0.5) is 5.69 Å². The van der Waals surface area contributed by atoms with Gasteiger partial charge in [-0.3, -0.25) is 9.78 Å². The second-order valence-corrected chi connectivity index (χ2v) is 6.93. The molecule has 9 heteroatoms. The zero-order valence-electron chi connectivity index (χ0n) is 13.8. The van der Waals surface area contributed by atoms with Crippen LogP contribution in [0.5, 0.6) is 0 Å². The number of thioether (sulfide) groups is 1. The monoisotopic (exact) mass is 407 g/mol. The molecule has 1 aromatic carbocycles. The van der Waals surface area contributed by atoms with Crippen LogP contribution >= 0.6 is 35.0 Å². The molecule has 134 valence electrons. The van der Waals surface area contributed by atoms with E-state index in [0.717, 1.165) is 5.69 Å². The van der Waals surface area contributed by atoms with Gasteiger partial charge in [0, 0.05) is 12.7 Å². The van der Waals surface area contributed by atoms with Gasteiger partial charge in [0.15, 0.2) is 11.0 Å². The van der Waals surface area contributed by atoms with Crippen LogP contribution in [0.2, 0.25) is 10.0 Å². The van der Waals surface area contributed by atoms with E-state index in [9.17, 15) is 4.79 Å². The number of hydrogen-bond donors (Lipinski definition) is 1. The number of benzene rings is 1. The van der Waals surface area contributed by atoms with E-state index in [1.54, 1.807) is 24.4 Å². The maximum Gasteiger partial charge on any atom is 0.234 e. The van der Waals surface area contributed by atoms with Gasteiger partial charge in [-0.05, 0) is 31.2 Å². The molecule has 0 fully saturated rings. The smallest absolute Gasteiger partial charge is 0.234 e. The molecule has 1 amide bonds. The first-order chi connectivity index (χ1) is 12.6. The fourth-order valence-electron chi connectivity index (χ4n) is 2.28. The Morgan fingerprint density at radius 3 is 2.77 bits per heavy atom. The average Bonchev–Trinajstić information content (AvgIpc) is 3.07. The van der Waals surface area contributed by atoms with Crippen molar-refractivity contribution < 1.29 is 4.79 Å². The van der Waals surface area contributed by atoms with Crippen LogP contribution in [-0.2, 0) is 11.3 Å². The van der Waals surface area contributed by atoms with E-state index < -0.39 is 0 Å². The van der Waals surface area contributed by atoms with Gasteiger partial charge in [0.25, 0.3) is 0 Å². The molecule has 0 atom stereocenters. The molecule has 0 aliphatic carbocycles. The fraction of sp³-hybridized carbons (Fsp3) is 0.176. The number of anilines is 1. The van der Waals surface area contributed by atoms with Crippen LogP contribution in [0, 0.1) is 0 Å². The lowest BCUT2D eigenvalue weighted by Crippen LogP contribution is -2.15. The van der Waals surface area contributed by atoms with Gasteiger partial charge >= 0.3 is 0 Å². The Hall–Kier alpha value is -2.09. The molecule has 6 nitrogen and oxygen atoms in total. The van der Waals surface area contributed by atoms with Gasteiger partial charge in [-0.1, -0.05) is 47.1 Å². The van der Waals surface area contributed by atoms with Crippen LogP contribution in [-0.4, -0.2) is 31.4 Å². The Labute approximate surface area is 164 Å². The number of pyridine rings is 1. The van der Waals surface area contributed by atoms with Gasteiger partial charge < -0.3 is 9.88 Å². The molecule has 0 saturated heterocycles. The van der Waals surface area contributed by atoms with Crippen molar-refractivity contribution in [1.82, 2.24) is 19.7 Å². The molecular weight excluding hydrogens is 393 g/mol. The van der Waals surface area contributed by atoms with Crippen LogP contribution in [0.25, 0.3) is 11.5 Å². The molecule has 0 spiro atoms. The van der Waals surface area contributed by atoms with Gasteiger partial charge in [0.1, 0.15) is 5.69 Å². The maximum absolute atomic E-state index is 12.2. The number of halogens is 2. The van der Waals surface area contributed by atoms with Crippen molar-refractivity contribution in [3.8, 4) is 11.5 Å². The van der Waals surface area contributed by atoms with E-state index in [4.69, 9.17) is 23.2 Å². The molecule has 0 bridgehead atoms. The zero-order chi connectivity index (χ0) is 18.5. The van der Waals surface area contributed by atoms with E-state index >= 15 is 0 Å². The highest BCUT2D eigenvalue weighted by Gasteiger charge is 2.16. The molecule has 0 saturated carbocycles. The molecule has 3 rings (SSSR count). The number of nitrogens with zero attached hydrogens (tertiary/aromatic N) is 4. The largest absolute Gasteiger partial charge is 0.324 e. The zero-order valence-corrected chi connectivity index (χ0v) is 16.1. The normalized spacial score (nSPS) is 10.7. The summed E-state index contributed by atoms with van der Waals surface area (Å²) in [6.45, 7) is 2.66. The van der Waals surface area contributed by atoms with Crippen molar-refractivity contribution in [2.75, 3.05) is 11.1 Å². The Balaban J connectivity index is 1.69. The third kappa shape index (κ3) is 4.17. The quantitative estimate of drug-likeness (QED) is 0.613. The first-order valence-corrected chi connectivity index (χ1v) is 9.55. The van der Waals surface area contributed by atoms with Crippen molar-refractivity contribution >= 4 is 46.6 Å². The van der Waals surface area contributed by atoms with E-state index in [1.807, 2.05) is 29.7 Å². The maximum atomic E-state index is 12.2. The molecule has 2 heterocycles. The lowest BCUT2D eigenvalue weighted by molar-refractivity contribution is -0.113. The first-order valence-electron chi connectivity index (χ1n) is 7.81. The summed E-state index contributed by atoms with van der Waals surface area (Å²) in [6, 6.07) is 10.7. The van der Waals surface area contributed by atoms with Crippen LogP contribution in [0.1, 0.15) is 6.92 Å². The second-order valence-electron chi connectivity index (χ2n) is 5.20. The van der Waals surface area contributed by atoms with Crippen molar-refractivity contribution in [3.63, 3.8) is 0 Å². The minimum atomic E-state index is -0.204. The SMILES string of the molecule is CCn1c(SCC(=O)Nc2cccc(Cl)c2Cl)nnc1-c1ccccn1. The Bertz CT molecular complexity index is 917. The van der Waals surface area contributed by atoms with E-state index in [1.165, 1.54) is 11.8 Å². The van der Waals surface area contributed by atoms with Crippen molar-refractivity contribution in [2.24, 2.45) is 0 Å². The van der Waals surface area contributed by atoms with E-state index in [0.29, 0.717) is 33.3 Å². The summed E-state index contributed by atoms with van der Waals surface area (Å²) in [4.78, 5) is 16.5. The molecule has 26 heavy (non-hydrogen) atoms. The summed E-state index contributed by atoms with van der Waals surface area (Å²) in [5.41, 5.74) is 1.22. The molecule has 2 aromatic heterocycles. The minimum Gasteiger partial charge on any atom is -0.324 e. The van der Waals surface area contributed by atoms with Crippen LogP contribution in [0.3, 0.4) is 0 Å². The molecule has 0 aliphatic rings. The Morgan fingerprint density at radius 1 is 1.19 bits per heavy atom. The Kier molecular flexibility index (Phi) is 6.13. The van der Waals surface area contributed by atoms with Crippen molar-refractivity contribution in [2.45, 2.75) is 18.6 Å². The van der Waals surface area contributed by atoms with Gasteiger partial charge in [0.2, 0.25) is 5.91 Å². The van der Waals surface area contributed by atoms with Gasteiger partial charge in [-0.15, -0.1) is 10.2 Å². The fourth-order valence-corrected chi connectivity index (χ4v) is 3.43. The predicted molar refractivity (Wildman–Crippen MR) is 105 cm³/mol. The number of hydrogen-bond acceptors (Lipinski definition) is 5. The highest BCUT2D eigenvalue weighted by Crippen LogP contribution is 2.30. The van der Waals surface area contributed by atoms with Gasteiger partial charge in [0.05, 0.1) is 21.5 Å². The molecule has 3 aromatic rings. The number of nitrogens with one attached hydrogen (secondary N) is 1.